The van der Waals surface area contributed by atoms with Gasteiger partial charge in [-0.15, -0.1) is 0 Å². The Bertz CT molecular complexity index is 1060. The molecule has 0 aliphatic heterocycles. The average molecular weight is 414 g/mol. The Morgan fingerprint density at radius 1 is 0.900 bits per heavy atom. The molecule has 0 aliphatic rings. The molecule has 0 radical (unpaired) electrons. The lowest BCUT2D eigenvalue weighted by Crippen LogP contribution is -2.33. The molecule has 2 N–H and O–H groups in total. The minimum atomic E-state index is -4.48. The summed E-state index contributed by atoms with van der Waals surface area (Å²) in [5.41, 5.74) is 3.51. The molecule has 1 heterocycles. The molecule has 0 saturated heterocycles. The van der Waals surface area contributed by atoms with Crippen LogP contribution in [0.1, 0.15) is 18.1 Å². The summed E-state index contributed by atoms with van der Waals surface area (Å²) in [5, 5.41) is 6.11. The van der Waals surface area contributed by atoms with Crippen LogP contribution in [-0.2, 0) is 15.8 Å². The Labute approximate surface area is 170 Å². The van der Waals surface area contributed by atoms with Gasteiger partial charge in [0, 0.05) is 23.8 Å². The number of hydrogen-bond acceptors (Lipinski definition) is 3. The van der Waals surface area contributed by atoms with Crippen LogP contribution in [0.5, 0.6) is 0 Å². The van der Waals surface area contributed by atoms with Gasteiger partial charge in [0.1, 0.15) is 0 Å². The predicted molar refractivity (Wildman–Crippen MR) is 106 cm³/mol. The summed E-state index contributed by atoms with van der Waals surface area (Å²) in [7, 11) is 0. The van der Waals surface area contributed by atoms with Crippen LogP contribution in [0.4, 0.5) is 18.9 Å². The van der Waals surface area contributed by atoms with Crippen molar-refractivity contribution >= 4 is 23.2 Å². The molecular formula is C21H17F3N4O2. The summed E-state index contributed by atoms with van der Waals surface area (Å²) < 4.78 is 39.6. The number of carbonyl (C=O) groups is 2. The molecule has 9 heteroatoms. The van der Waals surface area contributed by atoms with Crippen LogP contribution >= 0.6 is 0 Å². The second-order valence-corrected chi connectivity index (χ2v) is 6.30. The number of rotatable bonds is 4. The van der Waals surface area contributed by atoms with Gasteiger partial charge in [-0.2, -0.15) is 18.3 Å². The van der Waals surface area contributed by atoms with Crippen LogP contribution in [0.2, 0.25) is 0 Å². The van der Waals surface area contributed by atoms with Gasteiger partial charge in [-0.25, -0.2) is 5.43 Å². The average Bonchev–Trinajstić information content (AvgIpc) is 3.26. The molecule has 3 rings (SSSR count). The number of alkyl halides is 3. The molecular weight excluding hydrogens is 397 g/mol. The number of aromatic nitrogens is 1. The van der Waals surface area contributed by atoms with E-state index in [0.717, 1.165) is 35.5 Å². The van der Waals surface area contributed by atoms with Gasteiger partial charge in [-0.1, -0.05) is 12.1 Å². The van der Waals surface area contributed by atoms with E-state index in [0.29, 0.717) is 5.71 Å². The molecule has 0 aliphatic carbocycles. The first-order valence-corrected chi connectivity index (χ1v) is 8.81. The second kappa shape index (κ2) is 8.64. The first-order chi connectivity index (χ1) is 14.2. The van der Waals surface area contributed by atoms with Crippen molar-refractivity contribution in [3.05, 3.63) is 84.2 Å². The Morgan fingerprint density at radius 3 is 2.07 bits per heavy atom. The molecule has 0 unspecified atom stereocenters. The van der Waals surface area contributed by atoms with Crippen LogP contribution in [0.3, 0.4) is 0 Å². The smallest absolute Gasteiger partial charge is 0.324 e. The highest BCUT2D eigenvalue weighted by Gasteiger charge is 2.30. The molecule has 0 spiro atoms. The zero-order valence-corrected chi connectivity index (χ0v) is 15.8. The SMILES string of the molecule is C/C(=N\NC(=O)C(=O)Nc1ccc(C(F)(F)F)cc1)c1ccc(-n2cccc2)cc1. The fraction of sp³-hybridized carbons (Fsp3) is 0.0952. The molecule has 154 valence electrons. The maximum atomic E-state index is 12.6. The van der Waals surface area contributed by atoms with Crippen LogP contribution in [-0.4, -0.2) is 22.1 Å². The van der Waals surface area contributed by atoms with E-state index in [1.165, 1.54) is 0 Å². The zero-order valence-electron chi connectivity index (χ0n) is 15.8. The normalized spacial score (nSPS) is 11.8. The van der Waals surface area contributed by atoms with Crippen molar-refractivity contribution in [3.63, 3.8) is 0 Å². The zero-order chi connectivity index (χ0) is 21.7. The van der Waals surface area contributed by atoms with E-state index >= 15 is 0 Å². The van der Waals surface area contributed by atoms with Crippen molar-refractivity contribution in [3.8, 4) is 5.69 Å². The number of benzene rings is 2. The molecule has 0 fully saturated rings. The minimum Gasteiger partial charge on any atom is -0.324 e. The van der Waals surface area contributed by atoms with Gasteiger partial charge in [0.2, 0.25) is 0 Å². The first kappa shape index (κ1) is 20.8. The molecule has 3 aromatic rings. The van der Waals surface area contributed by atoms with Gasteiger partial charge in [0.05, 0.1) is 11.3 Å². The molecule has 6 nitrogen and oxygen atoms in total. The van der Waals surface area contributed by atoms with Gasteiger partial charge in [-0.3, -0.25) is 9.59 Å². The van der Waals surface area contributed by atoms with E-state index in [-0.39, 0.29) is 5.69 Å². The molecule has 0 saturated carbocycles. The molecule has 1 aromatic heterocycles. The van der Waals surface area contributed by atoms with Crippen molar-refractivity contribution < 1.29 is 22.8 Å². The van der Waals surface area contributed by atoms with Crippen LogP contribution in [0.25, 0.3) is 5.69 Å². The number of carbonyl (C=O) groups excluding carboxylic acids is 2. The Morgan fingerprint density at radius 2 is 1.50 bits per heavy atom. The van der Waals surface area contributed by atoms with E-state index in [9.17, 15) is 22.8 Å². The third kappa shape index (κ3) is 5.13. The lowest BCUT2D eigenvalue weighted by Gasteiger charge is -2.08. The van der Waals surface area contributed by atoms with Crippen LogP contribution in [0, 0.1) is 0 Å². The predicted octanol–water partition coefficient (Wildman–Crippen LogP) is 3.98. The molecule has 0 bridgehead atoms. The van der Waals surface area contributed by atoms with Crippen molar-refractivity contribution in [2.75, 3.05) is 5.32 Å². The first-order valence-electron chi connectivity index (χ1n) is 8.81. The number of nitrogens with one attached hydrogen (secondary N) is 2. The van der Waals surface area contributed by atoms with E-state index in [2.05, 4.69) is 15.8 Å². The molecule has 2 aromatic carbocycles. The fourth-order valence-corrected chi connectivity index (χ4v) is 2.56. The van der Waals surface area contributed by atoms with E-state index < -0.39 is 23.6 Å². The fourth-order valence-electron chi connectivity index (χ4n) is 2.56. The Hall–Kier alpha value is -3.88. The van der Waals surface area contributed by atoms with E-state index in [1.54, 1.807) is 6.92 Å². The summed E-state index contributed by atoms with van der Waals surface area (Å²) in [6.07, 6.45) is -0.664. The summed E-state index contributed by atoms with van der Waals surface area (Å²) >= 11 is 0. The summed E-state index contributed by atoms with van der Waals surface area (Å²) in [6, 6.07) is 15.0. The third-order valence-electron chi connectivity index (χ3n) is 4.19. The Balaban J connectivity index is 1.58. The largest absolute Gasteiger partial charge is 0.416 e. The van der Waals surface area contributed by atoms with Gasteiger partial charge < -0.3 is 9.88 Å². The maximum Gasteiger partial charge on any atom is 0.416 e. The number of anilines is 1. The second-order valence-electron chi connectivity index (χ2n) is 6.30. The standard InChI is InChI=1S/C21H17F3N4O2/c1-14(15-4-10-18(11-5-15)28-12-2-3-13-28)26-27-20(30)19(29)25-17-8-6-16(7-9-17)21(22,23)24/h2-13H,1H3,(H,25,29)(H,27,30)/b26-14+. The minimum absolute atomic E-state index is 0.0597. The van der Waals surface area contributed by atoms with Crippen molar-refractivity contribution in [1.29, 1.82) is 0 Å². The number of halogens is 3. The highest BCUT2D eigenvalue weighted by Crippen LogP contribution is 2.29. The van der Waals surface area contributed by atoms with Crippen LogP contribution in [0.15, 0.2) is 78.2 Å². The molecule has 30 heavy (non-hydrogen) atoms. The van der Waals surface area contributed by atoms with Crippen molar-refractivity contribution in [2.24, 2.45) is 5.10 Å². The Kier molecular flexibility index (Phi) is 6.01. The van der Waals surface area contributed by atoms with Crippen LogP contribution < -0.4 is 10.7 Å². The number of hydrogen-bond donors (Lipinski definition) is 2. The van der Waals surface area contributed by atoms with E-state index in [1.807, 2.05) is 53.4 Å². The van der Waals surface area contributed by atoms with Gasteiger partial charge >= 0.3 is 18.0 Å². The highest BCUT2D eigenvalue weighted by molar-refractivity contribution is 6.39. The summed E-state index contributed by atoms with van der Waals surface area (Å²) in [5.74, 6) is -2.09. The van der Waals surface area contributed by atoms with E-state index in [4.69, 9.17) is 0 Å². The highest BCUT2D eigenvalue weighted by atomic mass is 19.4. The van der Waals surface area contributed by atoms with Crippen molar-refractivity contribution in [2.45, 2.75) is 13.1 Å². The number of hydrazone groups is 1. The molecule has 2 amide bonds. The monoisotopic (exact) mass is 414 g/mol. The maximum absolute atomic E-state index is 12.6. The topological polar surface area (TPSA) is 75.5 Å². The quantitative estimate of drug-likeness (QED) is 0.385. The lowest BCUT2D eigenvalue weighted by atomic mass is 10.1. The number of amides is 2. The summed E-state index contributed by atoms with van der Waals surface area (Å²) in [6.45, 7) is 1.67. The van der Waals surface area contributed by atoms with Crippen molar-refractivity contribution in [1.82, 2.24) is 9.99 Å². The number of nitrogens with zero attached hydrogens (tertiary/aromatic N) is 2. The summed E-state index contributed by atoms with van der Waals surface area (Å²) in [4.78, 5) is 23.8. The lowest BCUT2D eigenvalue weighted by molar-refractivity contribution is -0.137. The van der Waals surface area contributed by atoms with Gasteiger partial charge in [0.25, 0.3) is 0 Å². The molecule has 0 atom stereocenters. The van der Waals surface area contributed by atoms with Gasteiger partial charge in [-0.05, 0) is 61.0 Å². The van der Waals surface area contributed by atoms with Gasteiger partial charge in [0.15, 0.2) is 0 Å². The third-order valence-corrected chi connectivity index (χ3v) is 4.19.